The van der Waals surface area contributed by atoms with Crippen LogP contribution in [0.5, 0.6) is 0 Å². The molecule has 1 saturated carbocycles. The monoisotopic (exact) mass is 379 g/mol. The van der Waals surface area contributed by atoms with Gasteiger partial charge < -0.3 is 4.52 Å². The van der Waals surface area contributed by atoms with E-state index >= 15 is 0 Å². The van der Waals surface area contributed by atoms with E-state index in [0.717, 1.165) is 31.2 Å². The van der Waals surface area contributed by atoms with E-state index in [0.29, 0.717) is 11.8 Å². The molecule has 1 aliphatic rings. The number of hydrogen-bond donors (Lipinski definition) is 0. The first-order valence-electron chi connectivity index (χ1n) is 7.11. The van der Waals surface area contributed by atoms with Crippen molar-refractivity contribution in [3.63, 3.8) is 0 Å². The minimum absolute atomic E-state index is 0.104. The first-order valence-corrected chi connectivity index (χ1v) is 9.38. The lowest BCUT2D eigenvalue weighted by molar-refractivity contribution is -0.138. The van der Waals surface area contributed by atoms with Crippen LogP contribution >= 0.6 is 11.6 Å². The Morgan fingerprint density at radius 3 is 2.54 bits per heavy atom. The first-order chi connectivity index (χ1) is 11.1. The molecule has 9 heteroatoms. The Morgan fingerprint density at radius 1 is 1.33 bits per heavy atom. The van der Waals surface area contributed by atoms with Crippen LogP contribution in [0, 0.1) is 0 Å². The Balaban J connectivity index is 2.01. The molecular weight excluding hydrogens is 367 g/mol. The Kier molecular flexibility index (Phi) is 4.16. The van der Waals surface area contributed by atoms with Crippen molar-refractivity contribution >= 4 is 21.4 Å². The molecule has 2 aromatic rings. The lowest BCUT2D eigenvalue weighted by atomic mass is 10.0. The molecular formula is C15H13ClF3NO3S. The number of benzene rings is 1. The fourth-order valence-corrected chi connectivity index (χ4v) is 3.36. The van der Waals surface area contributed by atoms with Crippen molar-refractivity contribution in [2.75, 3.05) is 6.26 Å². The van der Waals surface area contributed by atoms with Gasteiger partial charge in [0.05, 0.1) is 10.5 Å². The summed E-state index contributed by atoms with van der Waals surface area (Å²) in [4.78, 5) is -0.386. The average molecular weight is 380 g/mol. The van der Waals surface area contributed by atoms with Crippen LogP contribution in [0.1, 0.15) is 41.3 Å². The first kappa shape index (κ1) is 17.3. The Bertz CT molecular complexity index is 886. The van der Waals surface area contributed by atoms with Gasteiger partial charge in [-0.25, -0.2) is 8.42 Å². The third-order valence-corrected chi connectivity index (χ3v) is 5.36. The van der Waals surface area contributed by atoms with Crippen LogP contribution in [0.2, 0.25) is 5.02 Å². The van der Waals surface area contributed by atoms with E-state index < -0.39 is 21.6 Å². The van der Waals surface area contributed by atoms with Gasteiger partial charge in [-0.05, 0) is 30.5 Å². The van der Waals surface area contributed by atoms with Gasteiger partial charge in [0.25, 0.3) is 0 Å². The van der Waals surface area contributed by atoms with Crippen molar-refractivity contribution < 1.29 is 26.1 Å². The molecule has 0 bridgehead atoms. The van der Waals surface area contributed by atoms with Crippen LogP contribution in [0.15, 0.2) is 27.6 Å². The van der Waals surface area contributed by atoms with Crippen LogP contribution in [0.3, 0.4) is 0 Å². The highest BCUT2D eigenvalue weighted by Gasteiger charge is 2.36. The Hall–Kier alpha value is -1.54. The predicted molar refractivity (Wildman–Crippen MR) is 80.8 cm³/mol. The Morgan fingerprint density at radius 2 is 2.00 bits per heavy atom. The summed E-state index contributed by atoms with van der Waals surface area (Å²) in [7, 11) is -3.74. The zero-order valence-electron chi connectivity index (χ0n) is 12.5. The summed E-state index contributed by atoms with van der Waals surface area (Å²) in [6.07, 6.45) is -2.17. The number of hydrogen-bond acceptors (Lipinski definition) is 4. The van der Waals surface area contributed by atoms with Crippen molar-refractivity contribution in [3.05, 3.63) is 45.8 Å². The summed E-state index contributed by atoms with van der Waals surface area (Å²) >= 11 is 6.15. The van der Waals surface area contributed by atoms with Crippen molar-refractivity contribution in [3.8, 4) is 0 Å². The molecule has 1 aromatic carbocycles. The van der Waals surface area contributed by atoms with Gasteiger partial charge in [-0.2, -0.15) is 13.2 Å². The van der Waals surface area contributed by atoms with Gasteiger partial charge in [0.15, 0.2) is 15.6 Å². The number of aromatic nitrogens is 1. The molecule has 0 atom stereocenters. The zero-order valence-corrected chi connectivity index (χ0v) is 14.1. The van der Waals surface area contributed by atoms with Gasteiger partial charge in [-0.15, -0.1) is 0 Å². The molecule has 0 aliphatic heterocycles. The van der Waals surface area contributed by atoms with E-state index in [1.807, 2.05) is 0 Å². The van der Waals surface area contributed by atoms with Gasteiger partial charge in [-0.1, -0.05) is 22.8 Å². The summed E-state index contributed by atoms with van der Waals surface area (Å²) in [5.41, 5.74) is -0.902. The maximum Gasteiger partial charge on any atom is 0.416 e. The van der Waals surface area contributed by atoms with Crippen molar-refractivity contribution in [2.45, 2.75) is 36.3 Å². The average Bonchev–Trinajstić information content (AvgIpc) is 3.23. The maximum absolute atomic E-state index is 13.3. The molecule has 0 saturated heterocycles. The number of alkyl halides is 3. The van der Waals surface area contributed by atoms with Crippen molar-refractivity contribution in [1.29, 1.82) is 0 Å². The summed E-state index contributed by atoms with van der Waals surface area (Å²) in [5, 5.41) is 4.02. The molecule has 4 nitrogen and oxygen atoms in total. The van der Waals surface area contributed by atoms with E-state index in [1.54, 1.807) is 0 Å². The topological polar surface area (TPSA) is 60.2 Å². The molecule has 0 unspecified atom stereocenters. The molecule has 0 N–H and O–H groups in total. The molecule has 0 radical (unpaired) electrons. The quantitative estimate of drug-likeness (QED) is 0.798. The van der Waals surface area contributed by atoms with Crippen LogP contribution in [0.4, 0.5) is 13.2 Å². The summed E-state index contributed by atoms with van der Waals surface area (Å²) in [6, 6.07) is 2.93. The predicted octanol–water partition coefficient (Wildman–Crippen LogP) is 4.22. The molecule has 0 spiro atoms. The summed E-state index contributed by atoms with van der Waals surface area (Å²) in [5.74, 6) is 0.696. The standard InChI is InChI=1S/C15H13ClF3NO3S/c1-24(21,22)10-5-4-9(11(7-10)15(17,18)19)6-12-13(16)14(23-20-12)8-2-3-8/h4-5,7-8H,2-3,6H2,1H3. The van der Waals surface area contributed by atoms with Crippen molar-refractivity contribution in [2.24, 2.45) is 0 Å². The fourth-order valence-electron chi connectivity index (χ4n) is 2.42. The largest absolute Gasteiger partial charge is 0.416 e. The normalized spacial score (nSPS) is 15.7. The minimum Gasteiger partial charge on any atom is -0.359 e. The highest BCUT2D eigenvalue weighted by molar-refractivity contribution is 7.90. The molecule has 1 heterocycles. The van der Waals surface area contributed by atoms with Gasteiger partial charge in [-0.3, -0.25) is 0 Å². The van der Waals surface area contributed by atoms with E-state index in [2.05, 4.69) is 5.16 Å². The number of sulfone groups is 1. The molecule has 1 aromatic heterocycles. The van der Waals surface area contributed by atoms with E-state index in [1.165, 1.54) is 0 Å². The molecule has 24 heavy (non-hydrogen) atoms. The summed E-state index contributed by atoms with van der Waals surface area (Å²) in [6.45, 7) is 0. The molecule has 1 fully saturated rings. The van der Waals surface area contributed by atoms with Gasteiger partial charge in [0.2, 0.25) is 0 Å². The SMILES string of the molecule is CS(=O)(=O)c1ccc(Cc2noc(C3CC3)c2Cl)c(C(F)(F)F)c1. The van der Waals surface area contributed by atoms with Gasteiger partial charge in [0.1, 0.15) is 10.7 Å². The smallest absolute Gasteiger partial charge is 0.359 e. The number of nitrogens with zero attached hydrogens (tertiary/aromatic N) is 1. The van der Waals surface area contributed by atoms with Crippen LogP contribution in [0.25, 0.3) is 0 Å². The number of rotatable bonds is 4. The molecule has 130 valence electrons. The maximum atomic E-state index is 13.3. The second kappa shape index (κ2) is 5.77. The third kappa shape index (κ3) is 3.44. The molecule has 3 rings (SSSR count). The van der Waals surface area contributed by atoms with Crippen molar-refractivity contribution in [1.82, 2.24) is 5.16 Å². The minimum atomic E-state index is -4.69. The second-order valence-corrected chi connectivity index (χ2v) is 8.24. The Labute approximate surface area is 141 Å². The summed E-state index contributed by atoms with van der Waals surface area (Å²) < 4.78 is 68.0. The molecule has 1 aliphatic carbocycles. The number of halogens is 4. The van der Waals surface area contributed by atoms with Crippen LogP contribution in [-0.2, 0) is 22.4 Å². The lowest BCUT2D eigenvalue weighted by Gasteiger charge is -2.13. The zero-order chi connectivity index (χ0) is 17.7. The van der Waals surface area contributed by atoms with E-state index in [4.69, 9.17) is 16.1 Å². The van der Waals surface area contributed by atoms with Crippen LogP contribution in [-0.4, -0.2) is 19.8 Å². The fraction of sp³-hybridized carbons (Fsp3) is 0.400. The van der Waals surface area contributed by atoms with Gasteiger partial charge >= 0.3 is 6.18 Å². The van der Waals surface area contributed by atoms with E-state index in [-0.39, 0.29) is 33.5 Å². The molecule has 0 amide bonds. The van der Waals surface area contributed by atoms with Gasteiger partial charge in [0, 0.05) is 18.6 Å². The lowest BCUT2D eigenvalue weighted by Crippen LogP contribution is -2.12. The van der Waals surface area contributed by atoms with E-state index in [9.17, 15) is 21.6 Å². The second-order valence-electron chi connectivity index (χ2n) is 5.85. The highest BCUT2D eigenvalue weighted by atomic mass is 35.5. The highest BCUT2D eigenvalue weighted by Crippen LogP contribution is 2.44. The van der Waals surface area contributed by atoms with Crippen LogP contribution < -0.4 is 0 Å². The third-order valence-electron chi connectivity index (χ3n) is 3.84.